The summed E-state index contributed by atoms with van der Waals surface area (Å²) in [7, 11) is -3.62. The van der Waals surface area contributed by atoms with Gasteiger partial charge in [0.2, 0.25) is 10.0 Å². The first kappa shape index (κ1) is 28.1. The lowest BCUT2D eigenvalue weighted by atomic mass is 10.1. The van der Waals surface area contributed by atoms with Crippen molar-refractivity contribution < 1.29 is 27.5 Å². The van der Waals surface area contributed by atoms with Crippen molar-refractivity contribution in [2.24, 2.45) is 5.92 Å². The minimum absolute atomic E-state index is 0.0368. The largest absolute Gasteiger partial charge is 0.484 e. The monoisotopic (exact) mass is 551 g/mol. The maximum Gasteiger partial charge on any atom is 0.265 e. The SMILES string of the molecule is CC(C)CNS(=O)(=O)c1ccc(OCC(=O)N2C[C@H](C(=O)NCCc3ccccc3)Oc3ccccc32)cc1. The van der Waals surface area contributed by atoms with E-state index >= 15 is 0 Å². The zero-order valence-corrected chi connectivity index (χ0v) is 22.8. The number of carbonyl (C=O) groups is 2. The first-order chi connectivity index (χ1) is 18.7. The highest BCUT2D eigenvalue weighted by Crippen LogP contribution is 2.33. The first-order valence-electron chi connectivity index (χ1n) is 12.8. The van der Waals surface area contributed by atoms with Gasteiger partial charge in [0.05, 0.1) is 17.1 Å². The van der Waals surface area contributed by atoms with Crippen molar-refractivity contribution in [3.63, 3.8) is 0 Å². The van der Waals surface area contributed by atoms with Crippen LogP contribution in [0, 0.1) is 5.92 Å². The molecule has 39 heavy (non-hydrogen) atoms. The van der Waals surface area contributed by atoms with Crippen LogP contribution in [0.4, 0.5) is 5.69 Å². The quantitative estimate of drug-likeness (QED) is 0.379. The Bertz CT molecular complexity index is 1380. The third kappa shape index (κ3) is 7.58. The van der Waals surface area contributed by atoms with E-state index in [1.165, 1.54) is 29.2 Å². The topological polar surface area (TPSA) is 114 Å². The van der Waals surface area contributed by atoms with Crippen LogP contribution in [0.25, 0.3) is 0 Å². The second-order valence-electron chi connectivity index (χ2n) is 9.61. The van der Waals surface area contributed by atoms with E-state index in [9.17, 15) is 18.0 Å². The number of nitrogens with one attached hydrogen (secondary N) is 2. The molecule has 0 saturated heterocycles. The van der Waals surface area contributed by atoms with Crippen LogP contribution < -0.4 is 24.4 Å². The molecule has 3 aromatic rings. The summed E-state index contributed by atoms with van der Waals surface area (Å²) >= 11 is 0. The highest BCUT2D eigenvalue weighted by Gasteiger charge is 2.33. The van der Waals surface area contributed by atoms with Gasteiger partial charge in [-0.25, -0.2) is 13.1 Å². The molecule has 1 aliphatic heterocycles. The smallest absolute Gasteiger partial charge is 0.265 e. The molecule has 3 aromatic carbocycles. The number of benzene rings is 3. The van der Waals surface area contributed by atoms with Gasteiger partial charge in [0.1, 0.15) is 11.5 Å². The molecule has 2 N–H and O–H groups in total. The van der Waals surface area contributed by atoms with Gasteiger partial charge in [-0.1, -0.05) is 56.3 Å². The van der Waals surface area contributed by atoms with E-state index < -0.39 is 16.1 Å². The molecular weight excluding hydrogens is 518 g/mol. The van der Waals surface area contributed by atoms with Gasteiger partial charge in [0, 0.05) is 13.1 Å². The van der Waals surface area contributed by atoms with Crippen LogP contribution in [0.3, 0.4) is 0 Å². The summed E-state index contributed by atoms with van der Waals surface area (Å²) < 4.78 is 38.9. The van der Waals surface area contributed by atoms with E-state index in [1.54, 1.807) is 24.3 Å². The van der Waals surface area contributed by atoms with Gasteiger partial charge >= 0.3 is 0 Å². The lowest BCUT2D eigenvalue weighted by Crippen LogP contribution is -2.52. The van der Waals surface area contributed by atoms with E-state index in [1.807, 2.05) is 44.2 Å². The Morgan fingerprint density at radius 1 is 1.00 bits per heavy atom. The Balaban J connectivity index is 1.36. The van der Waals surface area contributed by atoms with Crippen molar-refractivity contribution in [2.75, 3.05) is 31.1 Å². The van der Waals surface area contributed by atoms with Crippen LogP contribution in [0.5, 0.6) is 11.5 Å². The molecule has 0 fully saturated rings. The fourth-order valence-electron chi connectivity index (χ4n) is 3.99. The van der Waals surface area contributed by atoms with Gasteiger partial charge in [-0.3, -0.25) is 9.59 Å². The molecule has 206 valence electrons. The van der Waals surface area contributed by atoms with E-state index in [0.717, 1.165) is 5.56 Å². The lowest BCUT2D eigenvalue weighted by molar-refractivity contribution is -0.128. The van der Waals surface area contributed by atoms with Gasteiger partial charge in [-0.05, 0) is 54.3 Å². The number of anilines is 1. The summed E-state index contributed by atoms with van der Waals surface area (Å²) in [4.78, 5) is 27.7. The maximum atomic E-state index is 13.2. The van der Waals surface area contributed by atoms with Crippen LogP contribution in [0.1, 0.15) is 19.4 Å². The number of fused-ring (bicyclic) bond motifs is 1. The second-order valence-corrected chi connectivity index (χ2v) is 11.4. The Kier molecular flexibility index (Phi) is 9.21. The highest BCUT2D eigenvalue weighted by molar-refractivity contribution is 7.89. The number of para-hydroxylation sites is 2. The van der Waals surface area contributed by atoms with Gasteiger partial charge in [0.15, 0.2) is 12.7 Å². The highest BCUT2D eigenvalue weighted by atomic mass is 32.2. The third-order valence-electron chi connectivity index (χ3n) is 6.10. The molecule has 0 aromatic heterocycles. The zero-order valence-electron chi connectivity index (χ0n) is 22.0. The van der Waals surface area contributed by atoms with Gasteiger partial charge in [-0.15, -0.1) is 0 Å². The van der Waals surface area contributed by atoms with Crippen molar-refractivity contribution in [3.05, 3.63) is 84.4 Å². The van der Waals surface area contributed by atoms with E-state index in [4.69, 9.17) is 9.47 Å². The molecule has 1 aliphatic rings. The standard InChI is InChI=1S/C29H33N3O6S/c1-21(2)18-31-39(35,36)24-14-12-23(13-15-24)37-20-28(33)32-19-27(38-26-11-7-6-10-25(26)32)29(34)30-17-16-22-8-4-3-5-9-22/h3-15,21,27,31H,16-20H2,1-2H3,(H,30,34)/t27-/m1/s1. The number of rotatable bonds is 11. The van der Waals surface area contributed by atoms with E-state index in [0.29, 0.717) is 36.7 Å². The normalized spacial score (nSPS) is 14.8. The molecule has 0 bridgehead atoms. The Morgan fingerprint density at radius 3 is 2.41 bits per heavy atom. The Labute approximate surface area is 229 Å². The van der Waals surface area contributed by atoms with Crippen LogP contribution in [-0.4, -0.2) is 52.6 Å². The number of ether oxygens (including phenoxy) is 2. The molecule has 0 spiro atoms. The molecule has 4 rings (SSSR count). The van der Waals surface area contributed by atoms with Crippen LogP contribution in [-0.2, 0) is 26.0 Å². The van der Waals surface area contributed by atoms with Crippen molar-refractivity contribution in [1.29, 1.82) is 0 Å². The number of amides is 2. The van der Waals surface area contributed by atoms with Crippen molar-refractivity contribution in [2.45, 2.75) is 31.3 Å². The zero-order chi connectivity index (χ0) is 27.8. The molecule has 1 heterocycles. The summed E-state index contributed by atoms with van der Waals surface area (Å²) in [6.07, 6.45) is -0.192. The summed E-state index contributed by atoms with van der Waals surface area (Å²) in [5, 5.41) is 2.89. The summed E-state index contributed by atoms with van der Waals surface area (Å²) in [6, 6.07) is 22.7. The summed E-state index contributed by atoms with van der Waals surface area (Å²) in [5.74, 6) is 0.301. The molecular formula is C29H33N3O6S. The number of sulfonamides is 1. The van der Waals surface area contributed by atoms with Gasteiger partial charge in [0.25, 0.3) is 11.8 Å². The average Bonchev–Trinajstić information content (AvgIpc) is 2.95. The van der Waals surface area contributed by atoms with E-state index in [-0.39, 0.29) is 35.8 Å². The minimum atomic E-state index is -3.62. The van der Waals surface area contributed by atoms with Crippen LogP contribution in [0.2, 0.25) is 0 Å². The summed E-state index contributed by atoms with van der Waals surface area (Å²) in [5.41, 5.74) is 1.66. The van der Waals surface area contributed by atoms with Crippen molar-refractivity contribution >= 4 is 27.5 Å². The fraction of sp³-hybridized carbons (Fsp3) is 0.310. The first-order valence-corrected chi connectivity index (χ1v) is 14.3. The Hall–Kier alpha value is -3.89. The predicted molar refractivity (Wildman–Crippen MR) is 148 cm³/mol. The molecule has 1 atom stereocenters. The maximum absolute atomic E-state index is 13.2. The predicted octanol–water partition coefficient (Wildman–Crippen LogP) is 3.15. The van der Waals surface area contributed by atoms with Crippen LogP contribution >= 0.6 is 0 Å². The number of nitrogens with zero attached hydrogens (tertiary/aromatic N) is 1. The average molecular weight is 552 g/mol. The molecule has 0 unspecified atom stereocenters. The van der Waals surface area contributed by atoms with E-state index in [2.05, 4.69) is 10.0 Å². The van der Waals surface area contributed by atoms with Gasteiger partial charge < -0.3 is 19.7 Å². The fourth-order valence-corrected chi connectivity index (χ4v) is 5.21. The molecule has 10 heteroatoms. The third-order valence-corrected chi connectivity index (χ3v) is 7.54. The van der Waals surface area contributed by atoms with Crippen molar-refractivity contribution in [3.8, 4) is 11.5 Å². The minimum Gasteiger partial charge on any atom is -0.484 e. The molecule has 0 saturated carbocycles. The lowest BCUT2D eigenvalue weighted by Gasteiger charge is -2.34. The molecule has 9 nitrogen and oxygen atoms in total. The van der Waals surface area contributed by atoms with Crippen molar-refractivity contribution in [1.82, 2.24) is 10.0 Å². The molecule has 2 amide bonds. The summed E-state index contributed by atoms with van der Waals surface area (Å²) in [6.45, 7) is 4.36. The molecule has 0 radical (unpaired) electrons. The number of hydrogen-bond donors (Lipinski definition) is 2. The second kappa shape index (κ2) is 12.8. The molecule has 0 aliphatic carbocycles. The van der Waals surface area contributed by atoms with Crippen LogP contribution in [0.15, 0.2) is 83.8 Å². The number of carbonyl (C=O) groups excluding carboxylic acids is 2. The Morgan fingerprint density at radius 2 is 1.69 bits per heavy atom. The number of hydrogen-bond acceptors (Lipinski definition) is 6. The van der Waals surface area contributed by atoms with Gasteiger partial charge in [-0.2, -0.15) is 0 Å².